The molecule has 0 nitrogen and oxygen atoms in total. The van der Waals surface area contributed by atoms with Gasteiger partial charge >= 0.3 is 0 Å². The van der Waals surface area contributed by atoms with Gasteiger partial charge in [-0.3, -0.25) is 0 Å². The summed E-state index contributed by atoms with van der Waals surface area (Å²) in [5.74, 6) is 4.83. The first-order chi connectivity index (χ1) is 9.90. The summed E-state index contributed by atoms with van der Waals surface area (Å²) < 4.78 is 0. The van der Waals surface area contributed by atoms with Crippen LogP contribution in [0.25, 0.3) is 0 Å². The minimum atomic E-state index is 0.416. The van der Waals surface area contributed by atoms with Crippen LogP contribution in [-0.2, 0) is 0 Å². The molecule has 0 aliphatic heterocycles. The Morgan fingerprint density at radius 2 is 1.45 bits per heavy atom. The van der Waals surface area contributed by atoms with E-state index < -0.39 is 0 Å². The Bertz CT molecular complexity index is 706. The average molecular weight is 256 g/mol. The largest absolute Gasteiger partial charge is 0.115 e. The van der Waals surface area contributed by atoms with E-state index in [1.807, 2.05) is 0 Å². The lowest BCUT2D eigenvalue weighted by Gasteiger charge is -2.42. The van der Waals surface area contributed by atoms with Gasteiger partial charge in [-0.05, 0) is 29.0 Å². The van der Waals surface area contributed by atoms with E-state index in [-0.39, 0.29) is 0 Å². The van der Waals surface area contributed by atoms with Gasteiger partial charge in [0.05, 0.1) is 0 Å². The molecule has 0 saturated carbocycles. The normalized spacial score (nSPS) is 32.1. The summed E-state index contributed by atoms with van der Waals surface area (Å²) in [5, 5.41) is 0. The van der Waals surface area contributed by atoms with Crippen molar-refractivity contribution in [2.75, 3.05) is 0 Å². The standard InChI is InChI=1S/C20H16/c1-2-14-8-7-13-19-17-10-4-3-9-15(17)16-11-5-6-12-18(16)20(14)19/h1,3-13,15-18H. The minimum Gasteiger partial charge on any atom is -0.115 e. The van der Waals surface area contributed by atoms with E-state index in [1.165, 1.54) is 11.1 Å². The Labute approximate surface area is 120 Å². The van der Waals surface area contributed by atoms with Crippen molar-refractivity contribution in [3.8, 4) is 12.3 Å². The average Bonchev–Trinajstić information content (AvgIpc) is 2.54. The molecule has 0 radical (unpaired) electrons. The minimum absolute atomic E-state index is 0.416. The number of allylic oxidation sites excluding steroid dienone is 8. The molecule has 3 aliphatic rings. The number of fused-ring (bicyclic) bond motifs is 6. The van der Waals surface area contributed by atoms with E-state index >= 15 is 0 Å². The van der Waals surface area contributed by atoms with Gasteiger partial charge in [-0.25, -0.2) is 0 Å². The highest BCUT2D eigenvalue weighted by Gasteiger charge is 2.40. The maximum absolute atomic E-state index is 5.74. The van der Waals surface area contributed by atoms with Crippen molar-refractivity contribution in [1.29, 1.82) is 0 Å². The van der Waals surface area contributed by atoms with Crippen LogP contribution in [0.2, 0.25) is 0 Å². The van der Waals surface area contributed by atoms with Crippen molar-refractivity contribution < 1.29 is 0 Å². The zero-order valence-corrected chi connectivity index (χ0v) is 11.2. The van der Waals surface area contributed by atoms with Gasteiger partial charge in [0.1, 0.15) is 0 Å². The fraction of sp³-hybridized carbons (Fsp3) is 0.200. The van der Waals surface area contributed by atoms with Crippen LogP contribution in [0, 0.1) is 24.2 Å². The number of hydrogen-bond acceptors (Lipinski definition) is 0. The second kappa shape index (κ2) is 4.39. The summed E-state index contributed by atoms with van der Waals surface area (Å²) in [7, 11) is 0. The Morgan fingerprint density at radius 1 is 0.800 bits per heavy atom. The van der Waals surface area contributed by atoms with Crippen LogP contribution in [0.1, 0.15) is 28.5 Å². The molecule has 0 aromatic heterocycles. The lowest BCUT2D eigenvalue weighted by Crippen LogP contribution is -2.32. The Hall–Kier alpha value is -2.26. The predicted molar refractivity (Wildman–Crippen MR) is 83.4 cm³/mol. The molecule has 4 rings (SSSR count). The fourth-order valence-corrected chi connectivity index (χ4v) is 3.96. The van der Waals surface area contributed by atoms with E-state index in [0.717, 1.165) is 5.56 Å². The zero-order valence-electron chi connectivity index (χ0n) is 11.2. The summed E-state index contributed by atoms with van der Waals surface area (Å²) in [6.07, 6.45) is 23.8. The van der Waals surface area contributed by atoms with Crippen molar-refractivity contribution in [3.63, 3.8) is 0 Å². The Balaban J connectivity index is 1.99. The molecule has 0 N–H and O–H groups in total. The van der Waals surface area contributed by atoms with Crippen molar-refractivity contribution in [2.24, 2.45) is 11.8 Å². The number of rotatable bonds is 0. The van der Waals surface area contributed by atoms with Crippen LogP contribution in [0.4, 0.5) is 0 Å². The van der Waals surface area contributed by atoms with Gasteiger partial charge < -0.3 is 0 Å². The van der Waals surface area contributed by atoms with Crippen LogP contribution in [0.15, 0.2) is 66.8 Å². The van der Waals surface area contributed by atoms with Crippen molar-refractivity contribution in [1.82, 2.24) is 0 Å². The molecule has 0 spiro atoms. The smallest absolute Gasteiger partial charge is 0.0283 e. The molecule has 0 saturated heterocycles. The van der Waals surface area contributed by atoms with Crippen molar-refractivity contribution >= 4 is 0 Å². The van der Waals surface area contributed by atoms with Gasteiger partial charge in [0.2, 0.25) is 0 Å². The van der Waals surface area contributed by atoms with Gasteiger partial charge in [0.15, 0.2) is 0 Å². The van der Waals surface area contributed by atoms with E-state index in [0.29, 0.717) is 23.7 Å². The summed E-state index contributed by atoms with van der Waals surface area (Å²) in [6, 6.07) is 6.42. The van der Waals surface area contributed by atoms with Gasteiger partial charge in [-0.1, -0.05) is 66.7 Å². The second-order valence-electron chi connectivity index (χ2n) is 5.70. The molecule has 4 atom stereocenters. The van der Waals surface area contributed by atoms with Gasteiger partial charge in [-0.2, -0.15) is 0 Å². The molecule has 4 unspecified atom stereocenters. The SMILES string of the molecule is C#Cc1cccc2c1C1C=CC=CC1C1C=CC=CC21. The summed E-state index contributed by atoms with van der Waals surface area (Å²) >= 11 is 0. The molecule has 0 fully saturated rings. The van der Waals surface area contributed by atoms with Crippen LogP contribution in [0.5, 0.6) is 0 Å². The highest BCUT2D eigenvalue weighted by molar-refractivity contribution is 5.55. The van der Waals surface area contributed by atoms with Crippen LogP contribution in [0.3, 0.4) is 0 Å². The quantitative estimate of drug-likeness (QED) is 0.606. The first kappa shape index (κ1) is 11.6. The molecule has 1 aromatic carbocycles. The first-order valence-corrected chi connectivity index (χ1v) is 7.19. The molecule has 96 valence electrons. The predicted octanol–water partition coefficient (Wildman–Crippen LogP) is 4.33. The van der Waals surface area contributed by atoms with E-state index in [1.54, 1.807) is 0 Å². The van der Waals surface area contributed by atoms with Gasteiger partial charge in [0, 0.05) is 17.4 Å². The lowest BCUT2D eigenvalue weighted by molar-refractivity contribution is 0.370. The number of benzene rings is 1. The van der Waals surface area contributed by atoms with E-state index in [2.05, 4.69) is 72.7 Å². The third kappa shape index (κ3) is 1.50. The Morgan fingerprint density at radius 3 is 2.20 bits per heavy atom. The molecule has 0 amide bonds. The monoisotopic (exact) mass is 256 g/mol. The molecule has 1 aromatic rings. The molecule has 20 heavy (non-hydrogen) atoms. The van der Waals surface area contributed by atoms with E-state index in [4.69, 9.17) is 6.42 Å². The zero-order chi connectivity index (χ0) is 13.5. The summed E-state index contributed by atoms with van der Waals surface area (Å²) in [4.78, 5) is 0. The third-order valence-corrected chi connectivity index (χ3v) is 4.79. The Kier molecular flexibility index (Phi) is 2.54. The summed E-state index contributed by atoms with van der Waals surface area (Å²) in [6.45, 7) is 0. The first-order valence-electron chi connectivity index (χ1n) is 7.19. The second-order valence-corrected chi connectivity index (χ2v) is 5.70. The molecule has 3 aliphatic carbocycles. The fourth-order valence-electron chi connectivity index (χ4n) is 3.96. The van der Waals surface area contributed by atoms with Crippen LogP contribution in [-0.4, -0.2) is 0 Å². The van der Waals surface area contributed by atoms with Gasteiger partial charge in [0.25, 0.3) is 0 Å². The lowest BCUT2D eigenvalue weighted by atomic mass is 9.61. The van der Waals surface area contributed by atoms with Crippen molar-refractivity contribution in [2.45, 2.75) is 11.8 Å². The third-order valence-electron chi connectivity index (χ3n) is 4.79. The maximum atomic E-state index is 5.74. The molecule has 0 heteroatoms. The molecular formula is C20H16. The molecule has 0 bridgehead atoms. The number of terminal acetylenes is 1. The maximum Gasteiger partial charge on any atom is 0.0283 e. The highest BCUT2D eigenvalue weighted by atomic mass is 14.4. The van der Waals surface area contributed by atoms with Crippen LogP contribution < -0.4 is 0 Å². The van der Waals surface area contributed by atoms with E-state index in [9.17, 15) is 0 Å². The highest BCUT2D eigenvalue weighted by Crippen LogP contribution is 2.51. The molecule has 0 heterocycles. The molecular weight excluding hydrogens is 240 g/mol. The van der Waals surface area contributed by atoms with Crippen molar-refractivity contribution in [3.05, 3.63) is 83.5 Å². The topological polar surface area (TPSA) is 0 Å². The summed E-state index contributed by atoms with van der Waals surface area (Å²) in [5.41, 5.74) is 3.83. The van der Waals surface area contributed by atoms with Gasteiger partial charge in [-0.15, -0.1) is 6.42 Å². The number of hydrogen-bond donors (Lipinski definition) is 0. The van der Waals surface area contributed by atoms with Crippen LogP contribution >= 0.6 is 0 Å².